The van der Waals surface area contributed by atoms with Crippen molar-refractivity contribution >= 4 is 45.3 Å². The molecule has 3 aromatic rings. The molecule has 2 atom stereocenters. The minimum Gasteiger partial charge on any atom is -0.493 e. The highest BCUT2D eigenvalue weighted by Gasteiger charge is 2.49. The smallest absolute Gasteiger partial charge is 0.320 e. The van der Waals surface area contributed by atoms with Gasteiger partial charge in [-0.3, -0.25) is 0 Å². The molecule has 280 valence electrons. The predicted molar refractivity (Wildman–Crippen MR) is 212 cm³/mol. The minimum absolute atomic E-state index is 0.0327. The number of nitrogen functional groups attached to an aromatic ring is 1. The second-order valence-corrected chi connectivity index (χ2v) is 26.5. The summed E-state index contributed by atoms with van der Waals surface area (Å²) in [6.45, 7) is 26.2. The monoisotopic (exact) mass is 736 g/mol. The van der Waals surface area contributed by atoms with Crippen molar-refractivity contribution < 1.29 is 23.1 Å². The van der Waals surface area contributed by atoms with Crippen LogP contribution in [-0.4, -0.2) is 108 Å². The Morgan fingerprint density at radius 1 is 0.804 bits per heavy atom. The van der Waals surface area contributed by atoms with Crippen LogP contribution in [0.3, 0.4) is 0 Å². The average Bonchev–Trinajstić information content (AvgIpc) is 3.26. The standard InChI is InChI=1S/C38H60N6O5Si2/c1-37(2,3)50(9,10)48-29-24-44(25-30(29)49-51(11,12)38(4,5)6)36(45)43-20-16-19-42(21-22-43)35-40-27-23-28(46-7)33(47-8)31(32(27)34(39)41-35)26-17-14-13-15-18-26/h13-15,17-18,23,29-30H,16,19-22,24-25H2,1-12H3,(H2,39,40,41)/t29-,30-/m0/s1. The number of fused-ring (bicyclic) bond motifs is 1. The highest BCUT2D eigenvalue weighted by Crippen LogP contribution is 2.46. The number of carbonyl (C=O) groups is 1. The lowest BCUT2D eigenvalue weighted by Gasteiger charge is -2.42. The van der Waals surface area contributed by atoms with E-state index in [0.29, 0.717) is 73.4 Å². The number of hydrogen-bond acceptors (Lipinski definition) is 9. The van der Waals surface area contributed by atoms with Crippen molar-refractivity contribution in [2.45, 2.75) is 96.4 Å². The first-order chi connectivity index (χ1) is 23.8. The fraction of sp³-hybridized carbons (Fsp3) is 0.605. The van der Waals surface area contributed by atoms with E-state index in [4.69, 9.17) is 34.0 Å². The van der Waals surface area contributed by atoms with Gasteiger partial charge in [0.2, 0.25) is 5.95 Å². The first-order valence-corrected chi connectivity index (χ1v) is 24.0. The van der Waals surface area contributed by atoms with E-state index in [9.17, 15) is 4.79 Å². The molecule has 2 aliphatic rings. The third-order valence-electron chi connectivity index (χ3n) is 11.4. The van der Waals surface area contributed by atoms with Crippen LogP contribution in [0.4, 0.5) is 16.6 Å². The van der Waals surface area contributed by atoms with Gasteiger partial charge in [0.1, 0.15) is 5.82 Å². The van der Waals surface area contributed by atoms with Crippen LogP contribution in [0.25, 0.3) is 22.0 Å². The molecule has 51 heavy (non-hydrogen) atoms. The quantitative estimate of drug-likeness (QED) is 0.233. The number of ether oxygens (including phenoxy) is 2. The summed E-state index contributed by atoms with van der Waals surface area (Å²) in [6, 6.07) is 11.8. The zero-order valence-electron chi connectivity index (χ0n) is 32.9. The van der Waals surface area contributed by atoms with Gasteiger partial charge in [0.25, 0.3) is 0 Å². The molecule has 2 fully saturated rings. The van der Waals surface area contributed by atoms with Gasteiger partial charge >= 0.3 is 6.03 Å². The molecule has 13 heteroatoms. The summed E-state index contributed by atoms with van der Waals surface area (Å²) in [6.07, 6.45) is 0.464. The number of carbonyl (C=O) groups excluding carboxylic acids is 1. The van der Waals surface area contributed by atoms with Gasteiger partial charge in [-0.05, 0) is 48.2 Å². The fourth-order valence-electron chi connectivity index (χ4n) is 6.39. The van der Waals surface area contributed by atoms with Crippen molar-refractivity contribution in [3.8, 4) is 22.6 Å². The van der Waals surface area contributed by atoms with E-state index in [-0.39, 0.29) is 28.3 Å². The molecule has 2 amide bonds. The largest absolute Gasteiger partial charge is 0.493 e. The molecular formula is C38H60N6O5Si2. The van der Waals surface area contributed by atoms with Crippen LogP contribution >= 0.6 is 0 Å². The van der Waals surface area contributed by atoms with Crippen LogP contribution in [0.2, 0.25) is 36.3 Å². The van der Waals surface area contributed by atoms with Gasteiger partial charge in [-0.25, -0.2) is 9.78 Å². The summed E-state index contributed by atoms with van der Waals surface area (Å²) in [7, 11) is -0.983. The summed E-state index contributed by atoms with van der Waals surface area (Å²) in [4.78, 5) is 30.1. The third kappa shape index (κ3) is 8.01. The summed E-state index contributed by atoms with van der Waals surface area (Å²) in [5, 5.41) is 0.816. The van der Waals surface area contributed by atoms with Crippen molar-refractivity contribution in [3.05, 3.63) is 36.4 Å². The maximum Gasteiger partial charge on any atom is 0.320 e. The Bertz CT molecular complexity index is 1670. The van der Waals surface area contributed by atoms with Crippen LogP contribution in [0.5, 0.6) is 11.5 Å². The number of likely N-dealkylation sites (tertiary alicyclic amines) is 1. The molecule has 2 N–H and O–H groups in total. The molecule has 3 heterocycles. The molecule has 2 aromatic carbocycles. The number of anilines is 2. The highest BCUT2D eigenvalue weighted by molar-refractivity contribution is 6.74. The van der Waals surface area contributed by atoms with Gasteiger partial charge in [0.15, 0.2) is 28.1 Å². The van der Waals surface area contributed by atoms with Crippen molar-refractivity contribution in [1.82, 2.24) is 19.8 Å². The lowest BCUT2D eigenvalue weighted by atomic mass is 9.99. The molecule has 0 radical (unpaired) electrons. The van der Waals surface area contributed by atoms with E-state index in [1.165, 1.54) is 0 Å². The topological polar surface area (TPSA) is 116 Å². The molecule has 0 saturated carbocycles. The number of aromatic nitrogens is 2. The average molecular weight is 737 g/mol. The van der Waals surface area contributed by atoms with Gasteiger partial charge in [-0.15, -0.1) is 0 Å². The molecule has 0 aliphatic carbocycles. The van der Waals surface area contributed by atoms with Crippen LogP contribution in [-0.2, 0) is 8.85 Å². The SMILES string of the molecule is COc1cc2nc(N3CCCN(C(=O)N4C[C@H](O[Si](C)(C)C(C)(C)C)[C@@H](O[Si](C)(C)C(C)(C)C)C4)CC3)nc(N)c2c(-c2ccccc2)c1OC. The third-order valence-corrected chi connectivity index (χ3v) is 20.5. The minimum atomic E-state index is -2.11. The van der Waals surface area contributed by atoms with Gasteiger partial charge in [-0.2, -0.15) is 4.98 Å². The molecule has 0 spiro atoms. The number of benzene rings is 2. The van der Waals surface area contributed by atoms with E-state index in [2.05, 4.69) is 72.6 Å². The van der Waals surface area contributed by atoms with Crippen molar-refractivity contribution in [1.29, 1.82) is 0 Å². The maximum absolute atomic E-state index is 14.2. The van der Waals surface area contributed by atoms with Crippen molar-refractivity contribution in [2.75, 3.05) is 64.1 Å². The first-order valence-electron chi connectivity index (χ1n) is 18.2. The fourth-order valence-corrected chi connectivity index (χ4v) is 9.07. The Kier molecular flexibility index (Phi) is 11.1. The Hall–Kier alpha value is -3.40. The Morgan fingerprint density at radius 2 is 1.39 bits per heavy atom. The first kappa shape index (κ1) is 38.8. The number of nitrogens with zero attached hydrogens (tertiary/aromatic N) is 5. The zero-order valence-corrected chi connectivity index (χ0v) is 34.9. The van der Waals surface area contributed by atoms with Gasteiger partial charge in [0.05, 0.1) is 50.4 Å². The Morgan fingerprint density at radius 3 is 1.92 bits per heavy atom. The summed E-state index contributed by atoms with van der Waals surface area (Å²) >= 11 is 0. The van der Waals surface area contributed by atoms with Gasteiger partial charge in [-0.1, -0.05) is 71.9 Å². The number of amides is 2. The molecular weight excluding hydrogens is 677 g/mol. The summed E-state index contributed by atoms with van der Waals surface area (Å²) < 4.78 is 25.5. The lowest BCUT2D eigenvalue weighted by Crippen LogP contribution is -2.51. The molecule has 11 nitrogen and oxygen atoms in total. The van der Waals surface area contributed by atoms with Crippen LogP contribution in [0, 0.1) is 0 Å². The maximum atomic E-state index is 14.2. The van der Waals surface area contributed by atoms with Crippen molar-refractivity contribution in [2.24, 2.45) is 0 Å². The van der Waals surface area contributed by atoms with E-state index in [0.717, 1.165) is 17.5 Å². The summed E-state index contributed by atoms with van der Waals surface area (Å²) in [5.41, 5.74) is 9.11. The van der Waals surface area contributed by atoms with E-state index in [1.54, 1.807) is 14.2 Å². The number of methoxy groups -OCH3 is 2. The molecule has 0 unspecified atom stereocenters. The van der Waals surface area contributed by atoms with Gasteiger partial charge in [0, 0.05) is 37.8 Å². The Balaban J connectivity index is 1.37. The number of nitrogens with two attached hydrogens (primary N) is 1. The van der Waals surface area contributed by atoms with Gasteiger partial charge < -0.3 is 38.8 Å². The predicted octanol–water partition coefficient (Wildman–Crippen LogP) is 7.62. The lowest BCUT2D eigenvalue weighted by molar-refractivity contribution is 0.0713. The van der Waals surface area contributed by atoms with E-state index in [1.807, 2.05) is 46.2 Å². The van der Waals surface area contributed by atoms with Crippen LogP contribution in [0.1, 0.15) is 48.0 Å². The van der Waals surface area contributed by atoms with Crippen LogP contribution in [0.15, 0.2) is 36.4 Å². The summed E-state index contributed by atoms with van der Waals surface area (Å²) in [5.74, 6) is 2.05. The van der Waals surface area contributed by atoms with E-state index >= 15 is 0 Å². The second-order valence-electron chi connectivity index (χ2n) is 17.0. The molecule has 2 aliphatic heterocycles. The second kappa shape index (κ2) is 14.6. The van der Waals surface area contributed by atoms with Crippen molar-refractivity contribution in [3.63, 3.8) is 0 Å². The number of urea groups is 1. The zero-order chi connectivity index (χ0) is 37.5. The molecule has 1 aromatic heterocycles. The Labute approximate surface area is 307 Å². The molecule has 5 rings (SSSR count). The highest BCUT2D eigenvalue weighted by atomic mass is 28.4. The number of hydrogen-bond donors (Lipinski definition) is 1. The number of rotatable bonds is 8. The normalized spacial score (nSPS) is 19.4. The molecule has 0 bridgehead atoms. The molecule has 2 saturated heterocycles. The van der Waals surface area contributed by atoms with Crippen LogP contribution < -0.4 is 20.1 Å². The van der Waals surface area contributed by atoms with E-state index < -0.39 is 16.6 Å².